The highest BCUT2D eigenvalue weighted by Gasteiger charge is 2.21. The Morgan fingerprint density at radius 3 is 2.47 bits per heavy atom. The third-order valence-corrected chi connectivity index (χ3v) is 6.29. The normalized spacial score (nSPS) is 18.9. The molecular weight excluding hydrogens is 374 g/mol. The zero-order valence-electron chi connectivity index (χ0n) is 17.8. The Labute approximate surface area is 180 Å². The molecule has 1 N–H and O–H groups in total. The molecule has 0 unspecified atom stereocenters. The Hall–Kier alpha value is -2.21. The van der Waals surface area contributed by atoms with E-state index in [-0.39, 0.29) is 5.91 Å². The quantitative estimate of drug-likeness (QED) is 0.757. The van der Waals surface area contributed by atoms with E-state index in [1.807, 2.05) is 48.5 Å². The van der Waals surface area contributed by atoms with Gasteiger partial charge in [-0.1, -0.05) is 30.3 Å². The minimum atomic E-state index is -0.0510. The fraction of sp³-hybridized carbons (Fsp3) is 0.480. The molecule has 0 bridgehead atoms. The van der Waals surface area contributed by atoms with Crippen LogP contribution in [-0.4, -0.2) is 61.6 Å². The van der Waals surface area contributed by atoms with Crippen LogP contribution in [0.5, 0.6) is 0 Å². The number of hydrogen-bond donors (Lipinski definition) is 1. The predicted octanol–water partition coefficient (Wildman–Crippen LogP) is 3.87. The highest BCUT2D eigenvalue weighted by Crippen LogP contribution is 2.23. The molecule has 30 heavy (non-hydrogen) atoms. The molecule has 2 fully saturated rings. The van der Waals surface area contributed by atoms with E-state index in [0.717, 1.165) is 63.1 Å². The molecule has 4 rings (SSSR count). The smallest absolute Gasteiger partial charge is 0.255 e. The van der Waals surface area contributed by atoms with Gasteiger partial charge in [0.2, 0.25) is 0 Å². The lowest BCUT2D eigenvalue weighted by Gasteiger charge is -2.34. The summed E-state index contributed by atoms with van der Waals surface area (Å²) in [5, 5.41) is 2.97. The molecule has 2 aromatic carbocycles. The van der Waals surface area contributed by atoms with E-state index in [9.17, 15) is 4.79 Å². The third-order valence-electron chi connectivity index (χ3n) is 6.29. The van der Waals surface area contributed by atoms with Crippen LogP contribution in [0.15, 0.2) is 54.6 Å². The SMILES string of the molecule is O=C(Nc1ccccc1)c1cccc(CN2CCC(CCN3CCOCC3)CC2)c1. The second-order valence-electron chi connectivity index (χ2n) is 8.48. The molecule has 2 aliphatic rings. The van der Waals surface area contributed by atoms with Crippen molar-refractivity contribution in [1.29, 1.82) is 0 Å². The predicted molar refractivity (Wildman–Crippen MR) is 121 cm³/mol. The van der Waals surface area contributed by atoms with Crippen molar-refractivity contribution >= 4 is 11.6 Å². The lowest BCUT2D eigenvalue weighted by molar-refractivity contribution is 0.0334. The second-order valence-corrected chi connectivity index (χ2v) is 8.48. The van der Waals surface area contributed by atoms with Crippen molar-refractivity contribution in [1.82, 2.24) is 9.80 Å². The number of rotatable bonds is 7. The van der Waals surface area contributed by atoms with Crippen LogP contribution in [0.2, 0.25) is 0 Å². The first kappa shape index (κ1) is 21.0. The molecule has 5 nitrogen and oxygen atoms in total. The minimum Gasteiger partial charge on any atom is -0.379 e. The van der Waals surface area contributed by atoms with Gasteiger partial charge in [-0.25, -0.2) is 0 Å². The fourth-order valence-corrected chi connectivity index (χ4v) is 4.42. The summed E-state index contributed by atoms with van der Waals surface area (Å²) in [7, 11) is 0. The first-order valence-corrected chi connectivity index (χ1v) is 11.2. The molecule has 1 amide bonds. The van der Waals surface area contributed by atoms with Crippen molar-refractivity contribution in [2.24, 2.45) is 5.92 Å². The molecule has 0 aromatic heterocycles. The number of carbonyl (C=O) groups is 1. The molecule has 160 valence electrons. The summed E-state index contributed by atoms with van der Waals surface area (Å²) in [6, 6.07) is 17.7. The Morgan fingerprint density at radius 2 is 1.70 bits per heavy atom. The van der Waals surface area contributed by atoms with E-state index in [1.165, 1.54) is 31.4 Å². The van der Waals surface area contributed by atoms with Gasteiger partial charge in [0.05, 0.1) is 13.2 Å². The van der Waals surface area contributed by atoms with Crippen molar-refractivity contribution < 1.29 is 9.53 Å². The largest absolute Gasteiger partial charge is 0.379 e. The first-order valence-electron chi connectivity index (χ1n) is 11.2. The van der Waals surface area contributed by atoms with Gasteiger partial charge in [0, 0.05) is 30.9 Å². The number of amides is 1. The molecule has 2 heterocycles. The number of ether oxygens (including phenoxy) is 1. The maximum atomic E-state index is 12.6. The van der Waals surface area contributed by atoms with E-state index in [2.05, 4.69) is 21.2 Å². The van der Waals surface area contributed by atoms with Crippen molar-refractivity contribution in [3.8, 4) is 0 Å². The second kappa shape index (κ2) is 10.7. The Kier molecular flexibility index (Phi) is 7.51. The molecule has 2 saturated heterocycles. The first-order chi connectivity index (χ1) is 14.8. The summed E-state index contributed by atoms with van der Waals surface area (Å²) in [5.41, 5.74) is 2.76. The van der Waals surface area contributed by atoms with Gasteiger partial charge in [0.15, 0.2) is 0 Å². The van der Waals surface area contributed by atoms with Gasteiger partial charge in [0.1, 0.15) is 0 Å². The van der Waals surface area contributed by atoms with Crippen LogP contribution >= 0.6 is 0 Å². The zero-order valence-corrected chi connectivity index (χ0v) is 17.8. The Morgan fingerprint density at radius 1 is 0.933 bits per heavy atom. The average Bonchev–Trinajstić information content (AvgIpc) is 2.80. The number of benzene rings is 2. The van der Waals surface area contributed by atoms with Crippen LogP contribution < -0.4 is 5.32 Å². The molecule has 2 aromatic rings. The van der Waals surface area contributed by atoms with Crippen LogP contribution in [0.3, 0.4) is 0 Å². The minimum absolute atomic E-state index is 0.0510. The molecule has 2 aliphatic heterocycles. The standard InChI is InChI=1S/C25H33N3O2/c29-25(26-24-7-2-1-3-8-24)23-6-4-5-22(19-23)20-28-13-10-21(11-14-28)9-12-27-15-17-30-18-16-27/h1-8,19,21H,9-18,20H2,(H,26,29). The maximum Gasteiger partial charge on any atom is 0.255 e. The van der Waals surface area contributed by atoms with Gasteiger partial charge in [-0.05, 0) is 74.6 Å². The topological polar surface area (TPSA) is 44.8 Å². The van der Waals surface area contributed by atoms with Crippen LogP contribution in [-0.2, 0) is 11.3 Å². The number of nitrogens with zero attached hydrogens (tertiary/aromatic N) is 2. The number of hydrogen-bond acceptors (Lipinski definition) is 4. The average molecular weight is 408 g/mol. The molecule has 0 spiro atoms. The van der Waals surface area contributed by atoms with Gasteiger partial charge in [-0.15, -0.1) is 0 Å². The van der Waals surface area contributed by atoms with Crippen LogP contribution in [0.1, 0.15) is 35.2 Å². The van der Waals surface area contributed by atoms with Crippen molar-refractivity contribution in [2.45, 2.75) is 25.8 Å². The van der Waals surface area contributed by atoms with Gasteiger partial charge >= 0.3 is 0 Å². The third kappa shape index (κ3) is 6.14. The Bertz CT molecular complexity index is 797. The summed E-state index contributed by atoms with van der Waals surface area (Å²) in [6.45, 7) is 8.39. The van der Waals surface area contributed by atoms with Gasteiger partial charge in [0.25, 0.3) is 5.91 Å². The lowest BCUT2D eigenvalue weighted by Crippen LogP contribution is -2.39. The number of carbonyl (C=O) groups excluding carboxylic acids is 1. The van der Waals surface area contributed by atoms with Crippen LogP contribution in [0, 0.1) is 5.92 Å². The van der Waals surface area contributed by atoms with Crippen molar-refractivity contribution in [2.75, 3.05) is 51.3 Å². The van der Waals surface area contributed by atoms with E-state index < -0.39 is 0 Å². The number of likely N-dealkylation sites (tertiary alicyclic amines) is 1. The molecule has 0 saturated carbocycles. The lowest BCUT2D eigenvalue weighted by atomic mass is 9.93. The van der Waals surface area contributed by atoms with E-state index in [0.29, 0.717) is 0 Å². The highest BCUT2D eigenvalue weighted by atomic mass is 16.5. The summed E-state index contributed by atoms with van der Waals surface area (Å²) in [4.78, 5) is 17.6. The number of piperidine rings is 1. The van der Waals surface area contributed by atoms with Crippen molar-refractivity contribution in [3.63, 3.8) is 0 Å². The van der Waals surface area contributed by atoms with E-state index in [4.69, 9.17) is 4.74 Å². The van der Waals surface area contributed by atoms with Gasteiger partial charge in [-0.2, -0.15) is 0 Å². The fourth-order valence-electron chi connectivity index (χ4n) is 4.42. The summed E-state index contributed by atoms with van der Waals surface area (Å²) in [6.07, 6.45) is 3.86. The number of nitrogens with one attached hydrogen (secondary N) is 1. The molecule has 0 atom stereocenters. The van der Waals surface area contributed by atoms with E-state index in [1.54, 1.807) is 0 Å². The zero-order chi connectivity index (χ0) is 20.6. The molecule has 5 heteroatoms. The summed E-state index contributed by atoms with van der Waals surface area (Å²) >= 11 is 0. The number of morpholine rings is 1. The summed E-state index contributed by atoms with van der Waals surface area (Å²) in [5.74, 6) is 0.789. The van der Waals surface area contributed by atoms with Crippen LogP contribution in [0.25, 0.3) is 0 Å². The highest BCUT2D eigenvalue weighted by molar-refractivity contribution is 6.04. The van der Waals surface area contributed by atoms with Crippen LogP contribution in [0.4, 0.5) is 5.69 Å². The monoisotopic (exact) mass is 407 g/mol. The van der Waals surface area contributed by atoms with Crippen molar-refractivity contribution in [3.05, 3.63) is 65.7 Å². The van der Waals surface area contributed by atoms with Gasteiger partial charge < -0.3 is 10.1 Å². The molecular formula is C25H33N3O2. The number of para-hydroxylation sites is 1. The molecule has 0 aliphatic carbocycles. The van der Waals surface area contributed by atoms with E-state index >= 15 is 0 Å². The maximum absolute atomic E-state index is 12.6. The number of anilines is 1. The van der Waals surface area contributed by atoms with Gasteiger partial charge in [-0.3, -0.25) is 14.6 Å². The summed E-state index contributed by atoms with van der Waals surface area (Å²) < 4.78 is 5.44. The molecule has 0 radical (unpaired) electrons. The Balaban J connectivity index is 1.23.